The molecule has 0 bridgehead atoms. The van der Waals surface area contributed by atoms with Gasteiger partial charge in [-0.25, -0.2) is 8.78 Å². The van der Waals surface area contributed by atoms with Gasteiger partial charge in [-0.3, -0.25) is 4.68 Å². The van der Waals surface area contributed by atoms with E-state index in [9.17, 15) is 8.78 Å². The number of hydrogen-bond acceptors (Lipinski definition) is 2. The topological polar surface area (TPSA) is 29.9 Å². The van der Waals surface area contributed by atoms with Gasteiger partial charge in [0.05, 0.1) is 17.3 Å². The Balaban J connectivity index is 2.40. The molecule has 0 aliphatic carbocycles. The molecule has 1 heterocycles. The number of aromatic nitrogens is 2. The summed E-state index contributed by atoms with van der Waals surface area (Å²) in [5, 5.41) is 7.18. The summed E-state index contributed by atoms with van der Waals surface area (Å²) in [6.07, 6.45) is 4.48. The molecule has 0 spiro atoms. The van der Waals surface area contributed by atoms with Crippen molar-refractivity contribution in [1.82, 2.24) is 15.1 Å². The van der Waals surface area contributed by atoms with E-state index in [0.717, 1.165) is 30.7 Å². The van der Waals surface area contributed by atoms with Gasteiger partial charge in [-0.15, -0.1) is 0 Å². The van der Waals surface area contributed by atoms with Crippen molar-refractivity contribution in [3.05, 3.63) is 52.3 Å². The molecular weight excluding hydrogens is 296 g/mol. The predicted molar refractivity (Wildman–Crippen MR) is 79.4 cm³/mol. The Labute approximate surface area is 127 Å². The molecule has 21 heavy (non-hydrogen) atoms. The SMILES string of the molecule is CCCn1cc(C(NCC)c2cc(F)c(Cl)cc2F)cn1. The van der Waals surface area contributed by atoms with Crippen LogP contribution in [0.4, 0.5) is 8.78 Å². The molecule has 3 nitrogen and oxygen atoms in total. The zero-order chi connectivity index (χ0) is 15.4. The van der Waals surface area contributed by atoms with Crippen molar-refractivity contribution in [2.45, 2.75) is 32.9 Å². The minimum atomic E-state index is -0.628. The van der Waals surface area contributed by atoms with Gasteiger partial charge in [-0.1, -0.05) is 25.4 Å². The van der Waals surface area contributed by atoms with Gasteiger partial charge in [0, 0.05) is 23.9 Å². The maximum Gasteiger partial charge on any atom is 0.142 e. The summed E-state index contributed by atoms with van der Waals surface area (Å²) in [6, 6.07) is 1.70. The Morgan fingerprint density at radius 2 is 2.05 bits per heavy atom. The lowest BCUT2D eigenvalue weighted by molar-refractivity contribution is 0.544. The van der Waals surface area contributed by atoms with E-state index >= 15 is 0 Å². The van der Waals surface area contributed by atoms with E-state index in [2.05, 4.69) is 17.3 Å². The summed E-state index contributed by atoms with van der Waals surface area (Å²) in [5.41, 5.74) is 1.03. The molecule has 0 radical (unpaired) electrons. The molecule has 0 saturated heterocycles. The van der Waals surface area contributed by atoms with E-state index in [1.165, 1.54) is 0 Å². The molecule has 1 aromatic heterocycles. The lowest BCUT2D eigenvalue weighted by Gasteiger charge is -2.18. The van der Waals surface area contributed by atoms with Crippen LogP contribution in [0.15, 0.2) is 24.5 Å². The highest BCUT2D eigenvalue weighted by Gasteiger charge is 2.20. The number of benzene rings is 1. The van der Waals surface area contributed by atoms with Crippen molar-refractivity contribution in [2.75, 3.05) is 6.54 Å². The summed E-state index contributed by atoms with van der Waals surface area (Å²) < 4.78 is 29.6. The van der Waals surface area contributed by atoms with Gasteiger partial charge in [0.2, 0.25) is 0 Å². The van der Waals surface area contributed by atoms with Gasteiger partial charge in [-0.05, 0) is 25.1 Å². The average Bonchev–Trinajstić information content (AvgIpc) is 2.89. The van der Waals surface area contributed by atoms with E-state index in [4.69, 9.17) is 11.6 Å². The molecule has 0 fully saturated rings. The van der Waals surface area contributed by atoms with Gasteiger partial charge in [0.25, 0.3) is 0 Å². The van der Waals surface area contributed by atoms with Gasteiger partial charge < -0.3 is 5.32 Å². The van der Waals surface area contributed by atoms with Crippen LogP contribution in [0.2, 0.25) is 5.02 Å². The molecule has 0 aliphatic heterocycles. The molecule has 2 rings (SSSR count). The van der Waals surface area contributed by atoms with Crippen molar-refractivity contribution in [3.8, 4) is 0 Å². The molecule has 1 unspecified atom stereocenters. The minimum Gasteiger partial charge on any atom is -0.306 e. The van der Waals surface area contributed by atoms with Crippen LogP contribution in [0, 0.1) is 11.6 Å². The van der Waals surface area contributed by atoms with Crippen LogP contribution in [-0.2, 0) is 6.54 Å². The summed E-state index contributed by atoms with van der Waals surface area (Å²) in [4.78, 5) is 0. The molecule has 1 N–H and O–H groups in total. The lowest BCUT2D eigenvalue weighted by atomic mass is 10.0. The van der Waals surface area contributed by atoms with Crippen molar-refractivity contribution in [3.63, 3.8) is 0 Å². The first kappa shape index (κ1) is 15.9. The summed E-state index contributed by atoms with van der Waals surface area (Å²) in [7, 11) is 0. The van der Waals surface area contributed by atoms with Gasteiger partial charge in [-0.2, -0.15) is 5.10 Å². The van der Waals surface area contributed by atoms with Gasteiger partial charge >= 0.3 is 0 Å². The minimum absolute atomic E-state index is 0.215. The van der Waals surface area contributed by atoms with Crippen molar-refractivity contribution in [2.24, 2.45) is 0 Å². The van der Waals surface area contributed by atoms with Crippen LogP contribution in [-0.4, -0.2) is 16.3 Å². The molecular formula is C15H18ClF2N3. The molecule has 0 saturated carbocycles. The molecule has 0 amide bonds. The highest BCUT2D eigenvalue weighted by atomic mass is 35.5. The summed E-state index contributed by atoms with van der Waals surface area (Å²) in [6.45, 7) is 5.37. The molecule has 2 aromatic rings. The number of nitrogens with zero attached hydrogens (tertiary/aromatic N) is 2. The Bertz CT molecular complexity index is 613. The first-order chi connectivity index (χ1) is 10.1. The number of aryl methyl sites for hydroxylation is 1. The Hall–Kier alpha value is -1.46. The monoisotopic (exact) mass is 313 g/mol. The smallest absolute Gasteiger partial charge is 0.142 e. The van der Waals surface area contributed by atoms with Crippen LogP contribution >= 0.6 is 11.6 Å². The largest absolute Gasteiger partial charge is 0.306 e. The second kappa shape index (κ2) is 7.00. The fraction of sp³-hybridized carbons (Fsp3) is 0.400. The van der Waals surface area contributed by atoms with Crippen LogP contribution in [0.25, 0.3) is 0 Å². The normalized spacial score (nSPS) is 12.6. The fourth-order valence-corrected chi connectivity index (χ4v) is 2.40. The summed E-state index contributed by atoms with van der Waals surface area (Å²) in [5.74, 6) is -1.16. The zero-order valence-electron chi connectivity index (χ0n) is 12.0. The zero-order valence-corrected chi connectivity index (χ0v) is 12.8. The molecule has 1 atom stereocenters. The molecule has 114 valence electrons. The van der Waals surface area contributed by atoms with Crippen LogP contribution in [0.5, 0.6) is 0 Å². The first-order valence-electron chi connectivity index (χ1n) is 6.97. The Kier molecular flexibility index (Phi) is 5.31. The maximum atomic E-state index is 14.1. The van der Waals surface area contributed by atoms with Crippen molar-refractivity contribution >= 4 is 11.6 Å². The molecule has 0 aliphatic rings. The highest BCUT2D eigenvalue weighted by Crippen LogP contribution is 2.28. The van der Waals surface area contributed by atoms with Crippen LogP contribution < -0.4 is 5.32 Å². The van der Waals surface area contributed by atoms with Crippen LogP contribution in [0.1, 0.15) is 37.4 Å². The Morgan fingerprint density at radius 3 is 2.71 bits per heavy atom. The van der Waals surface area contributed by atoms with Crippen molar-refractivity contribution in [1.29, 1.82) is 0 Å². The third-order valence-electron chi connectivity index (χ3n) is 3.20. The average molecular weight is 314 g/mol. The maximum absolute atomic E-state index is 14.1. The number of nitrogens with one attached hydrogen (secondary N) is 1. The predicted octanol–water partition coefficient (Wildman–Crippen LogP) is 3.92. The number of rotatable bonds is 6. The number of hydrogen-bond donors (Lipinski definition) is 1. The molecule has 1 aromatic carbocycles. The van der Waals surface area contributed by atoms with E-state index in [-0.39, 0.29) is 10.6 Å². The molecule has 6 heteroatoms. The Morgan fingerprint density at radius 1 is 1.29 bits per heavy atom. The standard InChI is InChI=1S/C15H18ClF2N3/c1-3-5-21-9-10(8-20-21)15(19-4-2)11-6-14(18)12(16)7-13(11)17/h6-9,15,19H,3-5H2,1-2H3. The van der Waals surface area contributed by atoms with Crippen molar-refractivity contribution < 1.29 is 8.78 Å². The fourth-order valence-electron chi connectivity index (χ4n) is 2.25. The first-order valence-corrected chi connectivity index (χ1v) is 7.34. The van der Waals surface area contributed by atoms with Crippen LogP contribution in [0.3, 0.4) is 0 Å². The van der Waals surface area contributed by atoms with Gasteiger partial charge in [0.1, 0.15) is 11.6 Å². The third-order valence-corrected chi connectivity index (χ3v) is 3.49. The summed E-state index contributed by atoms with van der Waals surface area (Å²) >= 11 is 5.61. The van der Waals surface area contributed by atoms with E-state index in [1.54, 1.807) is 10.9 Å². The van der Waals surface area contributed by atoms with E-state index < -0.39 is 17.7 Å². The second-order valence-electron chi connectivity index (χ2n) is 4.82. The number of halogens is 3. The quantitative estimate of drug-likeness (QED) is 0.819. The van der Waals surface area contributed by atoms with E-state index in [1.807, 2.05) is 13.1 Å². The third kappa shape index (κ3) is 3.60. The second-order valence-corrected chi connectivity index (χ2v) is 5.22. The van der Waals surface area contributed by atoms with Gasteiger partial charge in [0.15, 0.2) is 0 Å². The van der Waals surface area contributed by atoms with E-state index in [0.29, 0.717) is 6.54 Å². The lowest BCUT2D eigenvalue weighted by Crippen LogP contribution is -2.23. The highest BCUT2D eigenvalue weighted by molar-refractivity contribution is 6.30.